The van der Waals surface area contributed by atoms with E-state index in [9.17, 15) is 4.79 Å². The molecule has 1 heterocycles. The van der Waals surface area contributed by atoms with E-state index in [4.69, 9.17) is 0 Å². The van der Waals surface area contributed by atoms with Gasteiger partial charge in [-0.2, -0.15) is 11.8 Å². The summed E-state index contributed by atoms with van der Waals surface area (Å²) >= 11 is 2.02. The molecule has 1 aliphatic carbocycles. The zero-order chi connectivity index (χ0) is 9.10. The number of hydrogen-bond acceptors (Lipinski definition) is 2. The Morgan fingerprint density at radius 2 is 1.92 bits per heavy atom. The average Bonchev–Trinajstić information content (AvgIpc) is 2.90. The first-order valence-corrected chi connectivity index (χ1v) is 6.37. The lowest BCUT2D eigenvalue weighted by atomic mass is 9.98. The molecular weight excluding hydrogens is 182 g/mol. The zero-order valence-electron chi connectivity index (χ0n) is 7.92. The molecule has 0 atom stereocenters. The second-order valence-electron chi connectivity index (χ2n) is 4.10. The predicted molar refractivity (Wildman–Crippen MR) is 55.8 cm³/mol. The van der Waals surface area contributed by atoms with Crippen LogP contribution in [0.3, 0.4) is 0 Å². The molecule has 0 bridgehead atoms. The molecular formula is C10H17NOS. The van der Waals surface area contributed by atoms with Crippen LogP contribution in [0.1, 0.15) is 32.1 Å². The van der Waals surface area contributed by atoms with Crippen LogP contribution < -0.4 is 5.32 Å². The molecule has 0 aromatic carbocycles. The summed E-state index contributed by atoms with van der Waals surface area (Å²) in [7, 11) is 0. The molecule has 0 unspecified atom stereocenters. The molecule has 13 heavy (non-hydrogen) atoms. The fraction of sp³-hybridized carbons (Fsp3) is 0.900. The molecule has 2 nitrogen and oxygen atoms in total. The predicted octanol–water partition coefficient (Wildman–Crippen LogP) is 1.80. The second kappa shape index (κ2) is 4.36. The van der Waals surface area contributed by atoms with Crippen LogP contribution in [0, 0.1) is 5.92 Å². The van der Waals surface area contributed by atoms with Gasteiger partial charge in [-0.1, -0.05) is 0 Å². The van der Waals surface area contributed by atoms with E-state index in [1.807, 2.05) is 11.8 Å². The van der Waals surface area contributed by atoms with Crippen molar-refractivity contribution in [3.8, 4) is 0 Å². The van der Waals surface area contributed by atoms with Gasteiger partial charge in [-0.25, -0.2) is 0 Å². The number of thioether (sulfide) groups is 1. The maximum atomic E-state index is 11.4. The van der Waals surface area contributed by atoms with Gasteiger partial charge in [0, 0.05) is 12.5 Å². The van der Waals surface area contributed by atoms with Crippen molar-refractivity contribution in [2.45, 2.75) is 38.1 Å². The van der Waals surface area contributed by atoms with Crippen LogP contribution in [0.4, 0.5) is 0 Å². The minimum absolute atomic E-state index is 0.291. The van der Waals surface area contributed by atoms with Gasteiger partial charge in [-0.15, -0.1) is 0 Å². The monoisotopic (exact) mass is 199 g/mol. The Morgan fingerprint density at radius 3 is 2.54 bits per heavy atom. The largest absolute Gasteiger partial charge is 0.353 e. The standard InChI is InChI=1S/C10H17NOS/c12-10(11-9-1-2-9)7-8-3-5-13-6-4-8/h8-9H,1-7H2,(H,11,12). The molecule has 1 saturated carbocycles. The van der Waals surface area contributed by atoms with Gasteiger partial charge >= 0.3 is 0 Å². The highest BCUT2D eigenvalue weighted by molar-refractivity contribution is 7.99. The third-order valence-electron chi connectivity index (χ3n) is 2.76. The van der Waals surface area contributed by atoms with Gasteiger partial charge in [-0.3, -0.25) is 4.79 Å². The summed E-state index contributed by atoms with van der Waals surface area (Å²) in [6, 6.07) is 0.533. The van der Waals surface area contributed by atoms with Crippen LogP contribution in [0.5, 0.6) is 0 Å². The quantitative estimate of drug-likeness (QED) is 0.751. The van der Waals surface area contributed by atoms with Gasteiger partial charge in [0.05, 0.1) is 0 Å². The summed E-state index contributed by atoms with van der Waals surface area (Å²) < 4.78 is 0. The van der Waals surface area contributed by atoms with Gasteiger partial charge in [-0.05, 0) is 43.1 Å². The van der Waals surface area contributed by atoms with E-state index in [0.717, 1.165) is 6.42 Å². The first-order valence-electron chi connectivity index (χ1n) is 5.21. The topological polar surface area (TPSA) is 29.1 Å². The molecule has 1 aliphatic heterocycles. The molecule has 2 fully saturated rings. The Balaban J connectivity index is 1.66. The number of amides is 1. The first kappa shape index (κ1) is 9.38. The van der Waals surface area contributed by atoms with Crippen LogP contribution >= 0.6 is 11.8 Å². The summed E-state index contributed by atoms with van der Waals surface area (Å²) in [5, 5.41) is 3.06. The van der Waals surface area contributed by atoms with Crippen molar-refractivity contribution in [3.63, 3.8) is 0 Å². The van der Waals surface area contributed by atoms with E-state index in [1.165, 1.54) is 37.2 Å². The van der Waals surface area contributed by atoms with Gasteiger partial charge in [0.15, 0.2) is 0 Å². The van der Waals surface area contributed by atoms with Crippen molar-refractivity contribution in [1.82, 2.24) is 5.32 Å². The average molecular weight is 199 g/mol. The maximum absolute atomic E-state index is 11.4. The Labute approximate surface area is 83.8 Å². The minimum atomic E-state index is 0.291. The number of rotatable bonds is 3. The molecule has 1 N–H and O–H groups in total. The minimum Gasteiger partial charge on any atom is -0.353 e. The van der Waals surface area contributed by atoms with Crippen molar-refractivity contribution in [2.75, 3.05) is 11.5 Å². The molecule has 0 aromatic heterocycles. The van der Waals surface area contributed by atoms with Crippen LogP contribution in [0.2, 0.25) is 0 Å². The van der Waals surface area contributed by atoms with Gasteiger partial charge < -0.3 is 5.32 Å². The highest BCUT2D eigenvalue weighted by atomic mass is 32.2. The highest BCUT2D eigenvalue weighted by Crippen LogP contribution is 2.26. The molecule has 3 heteroatoms. The van der Waals surface area contributed by atoms with Gasteiger partial charge in [0.2, 0.25) is 5.91 Å². The van der Waals surface area contributed by atoms with Crippen molar-refractivity contribution in [3.05, 3.63) is 0 Å². The summed E-state index contributed by atoms with van der Waals surface area (Å²) in [4.78, 5) is 11.4. The van der Waals surface area contributed by atoms with Gasteiger partial charge in [0.1, 0.15) is 0 Å². The van der Waals surface area contributed by atoms with Crippen LogP contribution in [-0.2, 0) is 4.79 Å². The third kappa shape index (κ3) is 3.22. The lowest BCUT2D eigenvalue weighted by molar-refractivity contribution is -0.122. The molecule has 2 aliphatic rings. The molecule has 0 radical (unpaired) electrons. The van der Waals surface area contributed by atoms with Crippen molar-refractivity contribution in [2.24, 2.45) is 5.92 Å². The van der Waals surface area contributed by atoms with E-state index in [2.05, 4.69) is 5.32 Å². The van der Waals surface area contributed by atoms with E-state index in [-0.39, 0.29) is 0 Å². The smallest absolute Gasteiger partial charge is 0.220 e. The Bertz CT molecular complexity index is 185. The number of nitrogens with one attached hydrogen (secondary N) is 1. The van der Waals surface area contributed by atoms with Crippen molar-refractivity contribution < 1.29 is 4.79 Å². The summed E-state index contributed by atoms with van der Waals surface area (Å²) in [6.45, 7) is 0. The SMILES string of the molecule is O=C(CC1CCSCC1)NC1CC1. The summed E-state index contributed by atoms with van der Waals surface area (Å²) in [5.74, 6) is 3.46. The van der Waals surface area contributed by atoms with E-state index < -0.39 is 0 Å². The Morgan fingerprint density at radius 1 is 1.23 bits per heavy atom. The lowest BCUT2D eigenvalue weighted by Gasteiger charge is -2.20. The van der Waals surface area contributed by atoms with Crippen LogP contribution in [0.25, 0.3) is 0 Å². The Hall–Kier alpha value is -0.180. The highest BCUT2D eigenvalue weighted by Gasteiger charge is 2.25. The third-order valence-corrected chi connectivity index (χ3v) is 3.81. The van der Waals surface area contributed by atoms with Crippen molar-refractivity contribution in [1.29, 1.82) is 0 Å². The first-order chi connectivity index (χ1) is 6.34. The van der Waals surface area contributed by atoms with Crippen LogP contribution in [-0.4, -0.2) is 23.5 Å². The fourth-order valence-electron chi connectivity index (χ4n) is 1.73. The van der Waals surface area contributed by atoms with Crippen LogP contribution in [0.15, 0.2) is 0 Å². The zero-order valence-corrected chi connectivity index (χ0v) is 8.74. The Kier molecular flexibility index (Phi) is 3.14. The van der Waals surface area contributed by atoms with E-state index >= 15 is 0 Å². The summed E-state index contributed by atoms with van der Waals surface area (Å²) in [6.07, 6.45) is 5.65. The normalized spacial score (nSPS) is 24.3. The molecule has 74 valence electrons. The molecule has 0 aromatic rings. The number of hydrogen-bond donors (Lipinski definition) is 1. The van der Waals surface area contributed by atoms with Crippen molar-refractivity contribution >= 4 is 17.7 Å². The van der Waals surface area contributed by atoms with E-state index in [0.29, 0.717) is 17.9 Å². The number of carbonyl (C=O) groups excluding carboxylic acids is 1. The van der Waals surface area contributed by atoms with Gasteiger partial charge in [0.25, 0.3) is 0 Å². The molecule has 2 rings (SSSR count). The molecule has 1 saturated heterocycles. The summed E-state index contributed by atoms with van der Waals surface area (Å²) in [5.41, 5.74) is 0. The maximum Gasteiger partial charge on any atom is 0.220 e. The fourth-order valence-corrected chi connectivity index (χ4v) is 2.93. The number of carbonyl (C=O) groups is 1. The molecule has 0 spiro atoms. The lowest BCUT2D eigenvalue weighted by Crippen LogP contribution is -2.28. The van der Waals surface area contributed by atoms with E-state index in [1.54, 1.807) is 0 Å². The molecule has 1 amide bonds. The second-order valence-corrected chi connectivity index (χ2v) is 5.33.